The zero-order chi connectivity index (χ0) is 22.4. The molecule has 0 radical (unpaired) electrons. The molecule has 0 aromatic heterocycles. The molecule has 0 aliphatic carbocycles. The van der Waals surface area contributed by atoms with Crippen molar-refractivity contribution in [3.05, 3.63) is 153 Å². The maximum atomic E-state index is 2.28. The first kappa shape index (κ1) is 34.1. The first-order valence-electron chi connectivity index (χ1n) is 10.3. The Morgan fingerprint density at radius 3 is 0.743 bits per heavy atom. The maximum absolute atomic E-state index is 2.28. The number of hydrogen-bond acceptors (Lipinski definition) is 0. The Bertz CT molecular complexity index is 986. The van der Waals surface area contributed by atoms with Gasteiger partial charge in [0.15, 0.2) is 0 Å². The van der Waals surface area contributed by atoms with E-state index < -0.39 is 0 Å². The predicted octanol–water partition coefficient (Wildman–Crippen LogP) is 9.60. The van der Waals surface area contributed by atoms with Crippen LogP contribution in [0.25, 0.3) is 22.3 Å². The van der Waals surface area contributed by atoms with Gasteiger partial charge in [0.25, 0.3) is 0 Å². The van der Waals surface area contributed by atoms with Crippen LogP contribution in [0.2, 0.25) is 0 Å². The molecule has 0 heterocycles. The van der Waals surface area contributed by atoms with Crippen molar-refractivity contribution in [2.24, 2.45) is 0 Å². The average Bonchev–Trinajstić information content (AvgIpc) is 3.61. The SMILES string of the molecule is Ic1ccc[cH-]1.Ic1ccc[cH-]1.[Fe+2].[Fe+2].[Fe+2].c1cc[c-](-[c-]2cccc2)c1.c1cc[c-](-[c-]2cccc2)c1. The van der Waals surface area contributed by atoms with E-state index in [1.807, 2.05) is 24.3 Å². The van der Waals surface area contributed by atoms with Crippen molar-refractivity contribution in [1.82, 2.24) is 0 Å². The molecule has 0 fully saturated rings. The van der Waals surface area contributed by atoms with Crippen molar-refractivity contribution < 1.29 is 51.2 Å². The minimum absolute atomic E-state index is 0. The summed E-state index contributed by atoms with van der Waals surface area (Å²) in [5.41, 5.74) is 5.24. The molecule has 6 aromatic rings. The van der Waals surface area contributed by atoms with Crippen molar-refractivity contribution >= 4 is 45.2 Å². The van der Waals surface area contributed by atoms with E-state index in [-0.39, 0.29) is 51.2 Å². The van der Waals surface area contributed by atoms with Gasteiger partial charge in [0.1, 0.15) is 0 Å². The van der Waals surface area contributed by atoms with Gasteiger partial charge in [-0.15, -0.1) is 7.14 Å². The Morgan fingerprint density at radius 1 is 0.400 bits per heavy atom. The van der Waals surface area contributed by atoms with E-state index in [1.54, 1.807) is 0 Å². The van der Waals surface area contributed by atoms with E-state index in [0.29, 0.717) is 0 Å². The number of hydrogen-bond donors (Lipinski definition) is 0. The monoisotopic (exact) mass is 806 g/mol. The number of rotatable bonds is 2. The Balaban J connectivity index is 0.000000440. The van der Waals surface area contributed by atoms with Crippen LogP contribution < -0.4 is 0 Å². The van der Waals surface area contributed by atoms with Crippen molar-refractivity contribution in [2.45, 2.75) is 0 Å². The van der Waals surface area contributed by atoms with Crippen LogP contribution in [0.1, 0.15) is 0 Å². The smallest absolute Gasteiger partial charge is 0.213 e. The normalized spacial score (nSPS) is 8.74. The van der Waals surface area contributed by atoms with Crippen molar-refractivity contribution in [2.75, 3.05) is 0 Å². The molecule has 6 aromatic carbocycles. The molecule has 0 amide bonds. The maximum Gasteiger partial charge on any atom is 2.00 e. The first-order valence-corrected chi connectivity index (χ1v) is 12.5. The van der Waals surface area contributed by atoms with Gasteiger partial charge in [-0.1, -0.05) is 45.2 Å². The minimum Gasteiger partial charge on any atom is -0.213 e. The van der Waals surface area contributed by atoms with Crippen molar-refractivity contribution in [1.29, 1.82) is 0 Å². The van der Waals surface area contributed by atoms with Crippen LogP contribution in [0.4, 0.5) is 0 Å². The zero-order valence-electron chi connectivity index (χ0n) is 18.7. The third-order valence-electron chi connectivity index (χ3n) is 4.56. The Kier molecular flexibility index (Phi) is 19.7. The summed E-state index contributed by atoms with van der Waals surface area (Å²) in [6, 6.07) is 49.8. The van der Waals surface area contributed by atoms with E-state index in [1.165, 1.54) is 29.4 Å². The standard InChI is InChI=1S/2C10H8.2C5H4I.3Fe/c2*1-2-6-9(5-1)10-7-3-4-8-10;2*6-5-3-1-2-4-5;;;/h2*1-8H;2*1-4H;;;/q2*-2;2*-1;3*+2. The van der Waals surface area contributed by atoms with E-state index in [9.17, 15) is 0 Å². The van der Waals surface area contributed by atoms with Gasteiger partial charge in [-0.2, -0.15) is 144 Å². The van der Waals surface area contributed by atoms with Crippen LogP contribution in [-0.2, 0) is 51.2 Å². The summed E-state index contributed by atoms with van der Waals surface area (Å²) in [5.74, 6) is 0. The summed E-state index contributed by atoms with van der Waals surface area (Å²) >= 11 is 4.55. The van der Waals surface area contributed by atoms with E-state index in [2.05, 4.69) is 167 Å². The average molecular weight is 806 g/mol. The van der Waals surface area contributed by atoms with Gasteiger partial charge in [-0.3, -0.25) is 0 Å². The molecular formula is C30H24Fe3I2. The molecule has 0 N–H and O–H groups in total. The molecule has 182 valence electrons. The Labute approximate surface area is 268 Å². The molecule has 6 rings (SSSR count). The Morgan fingerprint density at radius 2 is 0.629 bits per heavy atom. The molecule has 35 heavy (non-hydrogen) atoms. The van der Waals surface area contributed by atoms with Crippen molar-refractivity contribution in [3.63, 3.8) is 0 Å². The second kappa shape index (κ2) is 20.2. The third-order valence-corrected chi connectivity index (χ3v) is 6.00. The molecule has 0 unspecified atom stereocenters. The van der Waals surface area contributed by atoms with Gasteiger partial charge in [0.2, 0.25) is 0 Å². The summed E-state index contributed by atoms with van der Waals surface area (Å²) in [7, 11) is 0. The molecule has 0 aliphatic rings. The van der Waals surface area contributed by atoms with Gasteiger partial charge in [-0.05, 0) is 0 Å². The van der Waals surface area contributed by atoms with Crippen LogP contribution in [-0.4, -0.2) is 0 Å². The van der Waals surface area contributed by atoms with Gasteiger partial charge >= 0.3 is 51.2 Å². The molecule has 5 heteroatoms. The van der Waals surface area contributed by atoms with Gasteiger partial charge in [0.05, 0.1) is 0 Å². The van der Waals surface area contributed by atoms with E-state index in [4.69, 9.17) is 0 Å². The topological polar surface area (TPSA) is 0 Å². The minimum atomic E-state index is 0. The quantitative estimate of drug-likeness (QED) is 0.0930. The van der Waals surface area contributed by atoms with Crippen LogP contribution in [0.3, 0.4) is 0 Å². The van der Waals surface area contributed by atoms with Crippen LogP contribution >= 0.6 is 45.2 Å². The fourth-order valence-electron chi connectivity index (χ4n) is 2.97. The Hall–Kier alpha value is -0.882. The summed E-state index contributed by atoms with van der Waals surface area (Å²) < 4.78 is 2.63. The summed E-state index contributed by atoms with van der Waals surface area (Å²) in [4.78, 5) is 0. The molecule has 0 spiro atoms. The molecule has 0 saturated heterocycles. The number of halogens is 2. The van der Waals surface area contributed by atoms with Crippen LogP contribution in [0, 0.1) is 7.14 Å². The second-order valence-electron chi connectivity index (χ2n) is 6.90. The predicted molar refractivity (Wildman–Crippen MR) is 156 cm³/mol. The molecular weight excluding hydrogens is 782 g/mol. The molecule has 0 bridgehead atoms. The summed E-state index contributed by atoms with van der Waals surface area (Å²) in [6.07, 6.45) is 0. The fraction of sp³-hybridized carbons (Fsp3) is 0. The van der Waals surface area contributed by atoms with Gasteiger partial charge in [0, 0.05) is 0 Å². The van der Waals surface area contributed by atoms with Crippen LogP contribution in [0.5, 0.6) is 0 Å². The summed E-state index contributed by atoms with van der Waals surface area (Å²) in [5, 5.41) is 0. The van der Waals surface area contributed by atoms with Gasteiger partial charge in [-0.25, -0.2) is 24.3 Å². The van der Waals surface area contributed by atoms with E-state index >= 15 is 0 Å². The van der Waals surface area contributed by atoms with Crippen molar-refractivity contribution in [3.8, 4) is 22.3 Å². The largest absolute Gasteiger partial charge is 2.00 e. The van der Waals surface area contributed by atoms with E-state index in [0.717, 1.165) is 0 Å². The third kappa shape index (κ3) is 13.3. The molecule has 0 nitrogen and oxygen atoms in total. The van der Waals surface area contributed by atoms with Gasteiger partial charge < -0.3 is 0 Å². The second-order valence-corrected chi connectivity index (χ2v) is 9.39. The molecule has 0 saturated carbocycles. The zero-order valence-corrected chi connectivity index (χ0v) is 26.3. The molecule has 0 aliphatic heterocycles. The first-order chi connectivity index (χ1) is 15.7. The summed E-state index contributed by atoms with van der Waals surface area (Å²) in [6.45, 7) is 0. The van der Waals surface area contributed by atoms with Crippen LogP contribution in [0.15, 0.2) is 146 Å². The fourth-order valence-corrected chi connectivity index (χ4v) is 3.80. The molecule has 0 atom stereocenters.